The summed E-state index contributed by atoms with van der Waals surface area (Å²) in [6.07, 6.45) is -0.454. The molecule has 0 heterocycles. The molecule has 1 N–H and O–H groups in total. The van der Waals surface area contributed by atoms with Gasteiger partial charge in [0.2, 0.25) is 0 Å². The van der Waals surface area contributed by atoms with Crippen molar-refractivity contribution in [3.63, 3.8) is 0 Å². The van der Waals surface area contributed by atoms with Gasteiger partial charge >= 0.3 is 12.1 Å². The fourth-order valence-corrected chi connectivity index (χ4v) is 4.42. The first-order valence-corrected chi connectivity index (χ1v) is 7.18. The molecule has 3 nitrogen and oxygen atoms in total. The molecule has 4 fully saturated rings. The maximum atomic E-state index is 12.6. The van der Waals surface area contributed by atoms with Crippen LogP contribution in [0.4, 0.5) is 13.2 Å². The van der Waals surface area contributed by atoms with Gasteiger partial charge in [-0.3, -0.25) is 0 Å². The summed E-state index contributed by atoms with van der Waals surface area (Å²) < 4.78 is 43.0. The molecule has 4 rings (SSSR count). The highest BCUT2D eigenvalue weighted by molar-refractivity contribution is 5.80. The molecule has 0 aromatic rings. The molecule has 1 unspecified atom stereocenters. The Morgan fingerprint density at radius 2 is 1.50 bits per heavy atom. The zero-order valence-corrected chi connectivity index (χ0v) is 11.3. The van der Waals surface area contributed by atoms with E-state index in [1.54, 1.807) is 0 Å². The van der Waals surface area contributed by atoms with E-state index in [0.29, 0.717) is 18.8 Å². The maximum Gasteiger partial charge on any atom is 0.427 e. The first-order chi connectivity index (χ1) is 9.18. The van der Waals surface area contributed by atoms with Crippen molar-refractivity contribution >= 4 is 5.97 Å². The van der Waals surface area contributed by atoms with Gasteiger partial charge in [-0.1, -0.05) is 0 Å². The summed E-state index contributed by atoms with van der Waals surface area (Å²) in [6.45, 7) is 0.464. The van der Waals surface area contributed by atoms with Crippen molar-refractivity contribution in [2.75, 3.05) is 0 Å². The van der Waals surface area contributed by atoms with Crippen molar-refractivity contribution in [1.82, 2.24) is 0 Å². The number of hydrogen-bond acceptors (Lipinski definition) is 3. The zero-order valence-electron chi connectivity index (χ0n) is 11.3. The molecule has 0 amide bonds. The Labute approximate surface area is 115 Å². The third-order valence-electron chi connectivity index (χ3n) is 5.33. The van der Waals surface area contributed by atoms with Crippen LogP contribution in [0.25, 0.3) is 0 Å². The largest absolute Gasteiger partial charge is 0.459 e. The second-order valence-electron chi connectivity index (χ2n) is 6.87. The van der Waals surface area contributed by atoms with Gasteiger partial charge in [-0.2, -0.15) is 13.2 Å². The van der Waals surface area contributed by atoms with Crippen molar-refractivity contribution < 1.29 is 27.8 Å². The van der Waals surface area contributed by atoms with Gasteiger partial charge in [0, 0.05) is 0 Å². The first-order valence-electron chi connectivity index (χ1n) is 7.18. The standard InChI is InChI=1S/C14H19F3O3/c1-13(19,14(15,16)17)12(18)20-11-9-3-7-2-8(5-9)6-10(11)4-7/h7-11,19H,2-6H2,1H3. The Balaban J connectivity index is 1.71. The van der Waals surface area contributed by atoms with Crippen LogP contribution in [0, 0.1) is 23.7 Å². The number of hydrogen-bond donors (Lipinski definition) is 1. The van der Waals surface area contributed by atoms with E-state index in [0.717, 1.165) is 25.7 Å². The summed E-state index contributed by atoms with van der Waals surface area (Å²) in [5, 5.41) is 9.37. The SMILES string of the molecule is CC(O)(C(=O)OC1C2CC3CC(C2)CC1C3)C(F)(F)F. The van der Waals surface area contributed by atoms with E-state index in [1.807, 2.05) is 0 Å². The second kappa shape index (κ2) is 4.36. The summed E-state index contributed by atoms with van der Waals surface area (Å²) >= 11 is 0. The predicted octanol–water partition coefficient (Wildman–Crippen LogP) is 2.67. The predicted molar refractivity (Wildman–Crippen MR) is 63.6 cm³/mol. The fraction of sp³-hybridized carbons (Fsp3) is 0.929. The zero-order chi connectivity index (χ0) is 14.7. The Bertz CT molecular complexity index is 388. The van der Waals surface area contributed by atoms with Crippen molar-refractivity contribution in [3.05, 3.63) is 0 Å². The van der Waals surface area contributed by atoms with Gasteiger partial charge in [-0.05, 0) is 62.7 Å². The van der Waals surface area contributed by atoms with Crippen LogP contribution in [-0.4, -0.2) is 29.0 Å². The molecule has 4 bridgehead atoms. The molecule has 0 saturated heterocycles. The molecule has 4 saturated carbocycles. The normalized spacial score (nSPS) is 42.4. The van der Waals surface area contributed by atoms with Gasteiger partial charge in [0.1, 0.15) is 6.10 Å². The summed E-state index contributed by atoms with van der Waals surface area (Å²) in [6, 6.07) is 0. The number of ether oxygens (including phenoxy) is 1. The summed E-state index contributed by atoms with van der Waals surface area (Å²) in [7, 11) is 0. The van der Waals surface area contributed by atoms with Crippen molar-refractivity contribution in [1.29, 1.82) is 0 Å². The van der Waals surface area contributed by atoms with Crippen LogP contribution in [0.15, 0.2) is 0 Å². The Kier molecular flexibility index (Phi) is 3.09. The molecule has 114 valence electrons. The highest BCUT2D eigenvalue weighted by Crippen LogP contribution is 2.54. The molecule has 20 heavy (non-hydrogen) atoms. The lowest BCUT2D eigenvalue weighted by molar-refractivity contribution is -0.263. The number of halogens is 3. The van der Waals surface area contributed by atoms with Gasteiger partial charge in [-0.15, -0.1) is 0 Å². The molecule has 4 aliphatic rings. The smallest absolute Gasteiger partial charge is 0.427 e. The van der Waals surface area contributed by atoms with E-state index in [4.69, 9.17) is 4.74 Å². The lowest BCUT2D eigenvalue weighted by atomic mass is 9.55. The van der Waals surface area contributed by atoms with Crippen LogP contribution in [0.2, 0.25) is 0 Å². The quantitative estimate of drug-likeness (QED) is 0.796. The lowest BCUT2D eigenvalue weighted by Gasteiger charge is -2.53. The lowest BCUT2D eigenvalue weighted by Crippen LogP contribution is -2.55. The third kappa shape index (κ3) is 2.12. The fourth-order valence-electron chi connectivity index (χ4n) is 4.42. The van der Waals surface area contributed by atoms with E-state index in [-0.39, 0.29) is 11.8 Å². The van der Waals surface area contributed by atoms with Crippen molar-refractivity contribution in [2.24, 2.45) is 23.7 Å². The number of alkyl halides is 3. The minimum atomic E-state index is -5.00. The Morgan fingerprint density at radius 3 is 1.90 bits per heavy atom. The minimum absolute atomic E-state index is 0.180. The van der Waals surface area contributed by atoms with Gasteiger partial charge < -0.3 is 9.84 Å². The number of aliphatic hydroxyl groups is 1. The molecule has 0 radical (unpaired) electrons. The number of carbonyl (C=O) groups is 1. The number of esters is 1. The number of carbonyl (C=O) groups excluding carboxylic acids is 1. The third-order valence-corrected chi connectivity index (χ3v) is 5.33. The van der Waals surface area contributed by atoms with E-state index in [2.05, 4.69) is 0 Å². The monoisotopic (exact) mass is 292 g/mol. The van der Waals surface area contributed by atoms with E-state index >= 15 is 0 Å². The first kappa shape index (κ1) is 14.2. The summed E-state index contributed by atoms with van der Waals surface area (Å²) in [4.78, 5) is 11.7. The second-order valence-corrected chi connectivity index (χ2v) is 6.87. The van der Waals surface area contributed by atoms with Crippen LogP contribution in [0.3, 0.4) is 0 Å². The highest BCUT2D eigenvalue weighted by Gasteiger charge is 2.59. The van der Waals surface area contributed by atoms with Crippen molar-refractivity contribution in [2.45, 2.75) is 56.9 Å². The van der Waals surface area contributed by atoms with Crippen LogP contribution in [-0.2, 0) is 9.53 Å². The molecule has 4 aliphatic carbocycles. The summed E-state index contributed by atoms with van der Waals surface area (Å²) in [5.74, 6) is 0.104. The molecule has 6 heteroatoms. The molecule has 0 aliphatic heterocycles. The van der Waals surface area contributed by atoms with E-state index in [1.165, 1.54) is 6.42 Å². The Morgan fingerprint density at radius 1 is 1.05 bits per heavy atom. The van der Waals surface area contributed by atoms with Gasteiger partial charge in [0.15, 0.2) is 0 Å². The molecule has 1 atom stereocenters. The van der Waals surface area contributed by atoms with Crippen LogP contribution < -0.4 is 0 Å². The van der Waals surface area contributed by atoms with Gasteiger partial charge in [0.25, 0.3) is 5.60 Å². The van der Waals surface area contributed by atoms with Crippen LogP contribution >= 0.6 is 0 Å². The number of rotatable bonds is 2. The average molecular weight is 292 g/mol. The average Bonchev–Trinajstić information content (AvgIpc) is 2.31. The van der Waals surface area contributed by atoms with Crippen LogP contribution in [0.1, 0.15) is 39.0 Å². The van der Waals surface area contributed by atoms with Gasteiger partial charge in [0.05, 0.1) is 0 Å². The Hall–Kier alpha value is -0.780. The van der Waals surface area contributed by atoms with E-state index in [9.17, 15) is 23.1 Å². The molecular weight excluding hydrogens is 273 g/mol. The van der Waals surface area contributed by atoms with Crippen molar-refractivity contribution in [3.8, 4) is 0 Å². The molecule has 0 aromatic heterocycles. The summed E-state index contributed by atoms with van der Waals surface area (Å²) in [5.41, 5.74) is -3.42. The molecular formula is C14H19F3O3. The van der Waals surface area contributed by atoms with Gasteiger partial charge in [-0.25, -0.2) is 4.79 Å². The van der Waals surface area contributed by atoms with Crippen LogP contribution in [0.5, 0.6) is 0 Å². The highest BCUT2D eigenvalue weighted by atomic mass is 19.4. The maximum absolute atomic E-state index is 12.6. The molecule has 0 spiro atoms. The topological polar surface area (TPSA) is 46.5 Å². The van der Waals surface area contributed by atoms with E-state index < -0.39 is 23.9 Å². The molecule has 0 aromatic carbocycles. The minimum Gasteiger partial charge on any atom is -0.459 e.